The highest BCUT2D eigenvalue weighted by Crippen LogP contribution is 2.15. The number of imidazole rings is 1. The zero-order valence-corrected chi connectivity index (χ0v) is 10.1. The molecule has 0 aromatic carbocycles. The Morgan fingerprint density at radius 3 is 3.18 bits per heavy atom. The summed E-state index contributed by atoms with van der Waals surface area (Å²) in [5, 5.41) is 3.28. The Labute approximate surface area is 102 Å². The molecule has 0 spiro atoms. The second-order valence-electron chi connectivity index (χ2n) is 3.76. The molecule has 5 nitrogen and oxygen atoms in total. The SMILES string of the molecule is Cc1cnsc1CNc1ccc2[nH]cnc2n1. The zero-order chi connectivity index (χ0) is 11.7. The van der Waals surface area contributed by atoms with Crippen molar-refractivity contribution in [3.63, 3.8) is 0 Å². The molecule has 6 heteroatoms. The van der Waals surface area contributed by atoms with Crippen LogP contribution in [0.3, 0.4) is 0 Å². The van der Waals surface area contributed by atoms with Crippen molar-refractivity contribution in [2.24, 2.45) is 0 Å². The third kappa shape index (κ3) is 1.99. The fraction of sp³-hybridized carbons (Fsp3) is 0.182. The van der Waals surface area contributed by atoms with Crippen molar-refractivity contribution in [3.8, 4) is 0 Å². The standard InChI is InChI=1S/C11H11N5S/c1-7-4-15-17-9(7)5-12-10-3-2-8-11(16-10)14-6-13-8/h2-4,6H,5H2,1H3,(H2,12,13,14,16). The number of hydrogen-bond donors (Lipinski definition) is 2. The molecule has 0 unspecified atom stereocenters. The Morgan fingerprint density at radius 2 is 2.35 bits per heavy atom. The average Bonchev–Trinajstić information content (AvgIpc) is 2.94. The third-order valence-corrected chi connectivity index (χ3v) is 3.46. The molecular formula is C11H11N5S. The van der Waals surface area contributed by atoms with Crippen LogP contribution in [-0.2, 0) is 6.54 Å². The van der Waals surface area contributed by atoms with Crippen molar-refractivity contribution in [3.05, 3.63) is 35.1 Å². The molecule has 86 valence electrons. The van der Waals surface area contributed by atoms with Crippen molar-refractivity contribution >= 4 is 28.5 Å². The fourth-order valence-corrected chi connectivity index (χ4v) is 2.25. The first kappa shape index (κ1) is 10.2. The zero-order valence-electron chi connectivity index (χ0n) is 9.27. The summed E-state index contributed by atoms with van der Waals surface area (Å²) in [6.07, 6.45) is 3.53. The second-order valence-corrected chi connectivity index (χ2v) is 4.64. The summed E-state index contributed by atoms with van der Waals surface area (Å²) in [6.45, 7) is 2.81. The first-order valence-electron chi connectivity index (χ1n) is 5.27. The monoisotopic (exact) mass is 245 g/mol. The van der Waals surface area contributed by atoms with Crippen LogP contribution in [0.2, 0.25) is 0 Å². The number of aromatic nitrogens is 4. The maximum atomic E-state index is 4.40. The van der Waals surface area contributed by atoms with Crippen molar-refractivity contribution in [1.29, 1.82) is 0 Å². The molecule has 0 aliphatic rings. The molecule has 0 aliphatic carbocycles. The fourth-order valence-electron chi connectivity index (χ4n) is 1.58. The van der Waals surface area contributed by atoms with E-state index in [1.165, 1.54) is 22.0 Å². The Balaban J connectivity index is 1.78. The molecule has 0 bridgehead atoms. The lowest BCUT2D eigenvalue weighted by Gasteiger charge is -2.03. The van der Waals surface area contributed by atoms with E-state index in [2.05, 4.69) is 31.6 Å². The van der Waals surface area contributed by atoms with E-state index in [0.29, 0.717) is 0 Å². The average molecular weight is 245 g/mol. The topological polar surface area (TPSA) is 66.5 Å². The Hall–Kier alpha value is -1.95. The van der Waals surface area contributed by atoms with Crippen LogP contribution in [0.1, 0.15) is 10.4 Å². The van der Waals surface area contributed by atoms with Crippen LogP contribution < -0.4 is 5.32 Å². The van der Waals surface area contributed by atoms with Gasteiger partial charge in [0, 0.05) is 11.1 Å². The number of nitrogens with one attached hydrogen (secondary N) is 2. The van der Waals surface area contributed by atoms with Gasteiger partial charge in [-0.1, -0.05) is 0 Å². The summed E-state index contributed by atoms with van der Waals surface area (Å²) in [5.74, 6) is 0.831. The summed E-state index contributed by atoms with van der Waals surface area (Å²) in [6, 6.07) is 3.91. The summed E-state index contributed by atoms with van der Waals surface area (Å²) < 4.78 is 4.14. The molecule has 0 aliphatic heterocycles. The van der Waals surface area contributed by atoms with Crippen LogP contribution in [0, 0.1) is 6.92 Å². The minimum Gasteiger partial charge on any atom is -0.365 e. The molecule has 0 radical (unpaired) electrons. The minimum atomic E-state index is 0.732. The van der Waals surface area contributed by atoms with E-state index in [4.69, 9.17) is 0 Å². The van der Waals surface area contributed by atoms with Gasteiger partial charge in [0.15, 0.2) is 5.65 Å². The van der Waals surface area contributed by atoms with Crippen LogP contribution >= 0.6 is 11.5 Å². The van der Waals surface area contributed by atoms with Crippen LogP contribution in [0.25, 0.3) is 11.2 Å². The Kier molecular flexibility index (Phi) is 2.49. The highest BCUT2D eigenvalue weighted by molar-refractivity contribution is 7.05. The van der Waals surface area contributed by atoms with E-state index in [-0.39, 0.29) is 0 Å². The summed E-state index contributed by atoms with van der Waals surface area (Å²) >= 11 is 1.51. The lowest BCUT2D eigenvalue weighted by molar-refractivity contribution is 1.13. The highest BCUT2D eigenvalue weighted by atomic mass is 32.1. The van der Waals surface area contributed by atoms with Gasteiger partial charge in [-0.2, -0.15) is 0 Å². The second kappa shape index (κ2) is 4.14. The van der Waals surface area contributed by atoms with Gasteiger partial charge in [-0.15, -0.1) is 0 Å². The summed E-state index contributed by atoms with van der Waals surface area (Å²) in [4.78, 5) is 12.8. The van der Waals surface area contributed by atoms with E-state index in [1.807, 2.05) is 18.3 Å². The number of pyridine rings is 1. The van der Waals surface area contributed by atoms with Crippen molar-refractivity contribution in [2.75, 3.05) is 5.32 Å². The predicted molar refractivity (Wildman–Crippen MR) is 68.1 cm³/mol. The van der Waals surface area contributed by atoms with Gasteiger partial charge in [0.25, 0.3) is 0 Å². The van der Waals surface area contributed by atoms with Crippen molar-refractivity contribution in [2.45, 2.75) is 13.5 Å². The maximum absolute atomic E-state index is 4.40. The first-order chi connectivity index (χ1) is 8.33. The number of aromatic amines is 1. The first-order valence-corrected chi connectivity index (χ1v) is 6.04. The number of hydrogen-bond acceptors (Lipinski definition) is 5. The summed E-state index contributed by atoms with van der Waals surface area (Å²) in [7, 11) is 0. The van der Waals surface area contributed by atoms with Crippen molar-refractivity contribution in [1.82, 2.24) is 19.3 Å². The van der Waals surface area contributed by atoms with Gasteiger partial charge in [0.2, 0.25) is 0 Å². The van der Waals surface area contributed by atoms with E-state index in [0.717, 1.165) is 23.5 Å². The molecule has 2 N–H and O–H groups in total. The van der Waals surface area contributed by atoms with E-state index < -0.39 is 0 Å². The van der Waals surface area contributed by atoms with Crippen LogP contribution in [0.5, 0.6) is 0 Å². The lowest BCUT2D eigenvalue weighted by Crippen LogP contribution is -2.00. The quantitative estimate of drug-likeness (QED) is 0.743. The van der Waals surface area contributed by atoms with Crippen molar-refractivity contribution < 1.29 is 0 Å². The normalized spacial score (nSPS) is 10.9. The number of H-pyrrole nitrogens is 1. The van der Waals surface area contributed by atoms with E-state index >= 15 is 0 Å². The predicted octanol–water partition coefficient (Wildman–Crippen LogP) is 2.33. The van der Waals surface area contributed by atoms with Gasteiger partial charge >= 0.3 is 0 Å². The molecule has 3 rings (SSSR count). The minimum absolute atomic E-state index is 0.732. The number of aryl methyl sites for hydroxylation is 1. The van der Waals surface area contributed by atoms with E-state index in [1.54, 1.807) is 6.33 Å². The van der Waals surface area contributed by atoms with Crippen LogP contribution in [0.15, 0.2) is 24.7 Å². The molecule has 3 aromatic rings. The number of rotatable bonds is 3. The van der Waals surface area contributed by atoms with Crippen LogP contribution in [0.4, 0.5) is 5.82 Å². The highest BCUT2D eigenvalue weighted by Gasteiger charge is 2.03. The van der Waals surface area contributed by atoms with Gasteiger partial charge in [0.1, 0.15) is 5.82 Å². The molecular weight excluding hydrogens is 234 g/mol. The third-order valence-electron chi connectivity index (χ3n) is 2.56. The Bertz CT molecular complexity index is 642. The molecule has 0 saturated carbocycles. The molecule has 0 amide bonds. The lowest BCUT2D eigenvalue weighted by atomic mass is 10.3. The van der Waals surface area contributed by atoms with Gasteiger partial charge in [-0.25, -0.2) is 14.3 Å². The molecule has 3 heterocycles. The van der Waals surface area contributed by atoms with Crippen LogP contribution in [-0.4, -0.2) is 19.3 Å². The van der Waals surface area contributed by atoms with Gasteiger partial charge in [-0.3, -0.25) is 0 Å². The van der Waals surface area contributed by atoms with Gasteiger partial charge < -0.3 is 10.3 Å². The molecule has 3 aromatic heterocycles. The molecule has 17 heavy (non-hydrogen) atoms. The van der Waals surface area contributed by atoms with Gasteiger partial charge in [-0.05, 0) is 36.2 Å². The number of fused-ring (bicyclic) bond motifs is 1. The molecule has 0 saturated heterocycles. The van der Waals surface area contributed by atoms with E-state index in [9.17, 15) is 0 Å². The number of nitrogens with zero attached hydrogens (tertiary/aromatic N) is 3. The molecule has 0 atom stereocenters. The maximum Gasteiger partial charge on any atom is 0.179 e. The largest absolute Gasteiger partial charge is 0.365 e. The smallest absolute Gasteiger partial charge is 0.179 e. The summed E-state index contributed by atoms with van der Waals surface area (Å²) in [5.41, 5.74) is 2.89. The molecule has 0 fully saturated rings. The van der Waals surface area contributed by atoms with Gasteiger partial charge in [0.05, 0.1) is 18.4 Å². The Morgan fingerprint density at radius 1 is 1.41 bits per heavy atom. The number of anilines is 1.